The van der Waals surface area contributed by atoms with Crippen LogP contribution in [-0.4, -0.2) is 48.6 Å². The van der Waals surface area contributed by atoms with Gasteiger partial charge in [0.2, 0.25) is 0 Å². The molecule has 0 atom stereocenters. The molecule has 0 saturated carbocycles. The molecule has 0 saturated heterocycles. The molecule has 0 unspecified atom stereocenters. The number of thiazole rings is 1. The molecule has 0 radical (unpaired) electrons. The first-order valence-corrected chi connectivity index (χ1v) is 11.0. The summed E-state index contributed by atoms with van der Waals surface area (Å²) in [5.41, 5.74) is 2.58. The van der Waals surface area contributed by atoms with E-state index in [1.54, 1.807) is 0 Å². The minimum Gasteiger partial charge on any atom is -0.492 e. The summed E-state index contributed by atoms with van der Waals surface area (Å²) < 4.78 is 6.76. The first-order chi connectivity index (χ1) is 14.1. The van der Waals surface area contributed by atoms with Crippen LogP contribution in [0.1, 0.15) is 36.7 Å². The van der Waals surface area contributed by atoms with Gasteiger partial charge in [-0.2, -0.15) is 0 Å². The number of ether oxygens (including phenoxy) is 1. The van der Waals surface area contributed by atoms with Gasteiger partial charge in [0.05, 0.1) is 11.3 Å². The SMILES string of the molecule is CCOc1cccc2sc(N(CCN(CC)CC)C(=O)c3cccc(C)c3)nc12. The Morgan fingerprint density at radius 3 is 2.52 bits per heavy atom. The van der Waals surface area contributed by atoms with Crippen LogP contribution in [0.2, 0.25) is 0 Å². The van der Waals surface area contributed by atoms with Crippen LogP contribution in [0.5, 0.6) is 5.75 Å². The highest BCUT2D eigenvalue weighted by Crippen LogP contribution is 2.34. The highest BCUT2D eigenvalue weighted by molar-refractivity contribution is 7.22. The molecule has 29 heavy (non-hydrogen) atoms. The standard InChI is InChI=1S/C23H29N3O2S/c1-5-25(6-2)14-15-26(22(27)18-11-8-10-17(4)16-18)23-24-21-19(28-7-3)12-9-13-20(21)29-23/h8-13,16H,5-7,14-15H2,1-4H3. The van der Waals surface area contributed by atoms with Crippen molar-refractivity contribution in [3.63, 3.8) is 0 Å². The predicted molar refractivity (Wildman–Crippen MR) is 121 cm³/mol. The molecule has 0 aliphatic heterocycles. The van der Waals surface area contributed by atoms with Gasteiger partial charge in [-0.05, 0) is 51.2 Å². The molecule has 154 valence electrons. The number of nitrogens with zero attached hydrogens (tertiary/aromatic N) is 3. The van der Waals surface area contributed by atoms with Gasteiger partial charge in [0.1, 0.15) is 11.3 Å². The van der Waals surface area contributed by atoms with E-state index in [1.165, 1.54) is 11.3 Å². The zero-order valence-corrected chi connectivity index (χ0v) is 18.5. The van der Waals surface area contributed by atoms with E-state index in [4.69, 9.17) is 9.72 Å². The van der Waals surface area contributed by atoms with Crippen molar-refractivity contribution in [3.05, 3.63) is 53.6 Å². The molecule has 3 aromatic rings. The zero-order valence-electron chi connectivity index (χ0n) is 17.6. The van der Waals surface area contributed by atoms with Crippen LogP contribution < -0.4 is 9.64 Å². The van der Waals surface area contributed by atoms with Crippen molar-refractivity contribution in [1.82, 2.24) is 9.88 Å². The highest BCUT2D eigenvalue weighted by Gasteiger charge is 2.23. The van der Waals surface area contributed by atoms with Gasteiger partial charge in [0, 0.05) is 18.7 Å². The number of hydrogen-bond donors (Lipinski definition) is 0. The summed E-state index contributed by atoms with van der Waals surface area (Å²) in [6.45, 7) is 12.1. The smallest absolute Gasteiger partial charge is 0.260 e. The molecule has 1 aromatic heterocycles. The monoisotopic (exact) mass is 411 g/mol. The summed E-state index contributed by atoms with van der Waals surface area (Å²) in [5, 5.41) is 0.714. The largest absolute Gasteiger partial charge is 0.492 e. The van der Waals surface area contributed by atoms with E-state index in [0.29, 0.717) is 23.8 Å². The number of benzene rings is 2. The Morgan fingerprint density at radius 1 is 1.07 bits per heavy atom. The molecular weight excluding hydrogens is 382 g/mol. The van der Waals surface area contributed by atoms with Crippen LogP contribution in [0.3, 0.4) is 0 Å². The van der Waals surface area contributed by atoms with Gasteiger partial charge in [0.15, 0.2) is 5.13 Å². The maximum absolute atomic E-state index is 13.4. The molecule has 0 aliphatic carbocycles. The first-order valence-electron chi connectivity index (χ1n) is 10.2. The number of anilines is 1. The van der Waals surface area contributed by atoms with E-state index in [2.05, 4.69) is 18.7 Å². The van der Waals surface area contributed by atoms with Gasteiger partial charge in [-0.15, -0.1) is 0 Å². The maximum Gasteiger partial charge on any atom is 0.260 e. The summed E-state index contributed by atoms with van der Waals surface area (Å²) in [6.07, 6.45) is 0. The Morgan fingerprint density at radius 2 is 1.83 bits per heavy atom. The number of amides is 1. The normalized spacial score (nSPS) is 11.2. The molecule has 0 aliphatic rings. The van der Waals surface area contributed by atoms with Gasteiger partial charge in [-0.25, -0.2) is 4.98 Å². The summed E-state index contributed by atoms with van der Waals surface area (Å²) >= 11 is 1.53. The van der Waals surface area contributed by atoms with Crippen LogP contribution in [0.25, 0.3) is 10.2 Å². The number of carbonyl (C=O) groups is 1. The number of fused-ring (bicyclic) bond motifs is 1. The Kier molecular flexibility index (Phi) is 7.23. The summed E-state index contributed by atoms with van der Waals surface area (Å²) in [5.74, 6) is 0.747. The van der Waals surface area contributed by atoms with Crippen molar-refractivity contribution in [2.75, 3.05) is 37.7 Å². The lowest BCUT2D eigenvalue weighted by molar-refractivity contribution is 0.0983. The average molecular weight is 412 g/mol. The Bertz CT molecular complexity index is 966. The summed E-state index contributed by atoms with van der Waals surface area (Å²) in [4.78, 5) is 22.4. The van der Waals surface area contributed by atoms with Crippen molar-refractivity contribution < 1.29 is 9.53 Å². The first kappa shape index (κ1) is 21.3. The molecular formula is C23H29N3O2S. The van der Waals surface area contributed by atoms with Crippen molar-refractivity contribution in [1.29, 1.82) is 0 Å². The zero-order chi connectivity index (χ0) is 20.8. The van der Waals surface area contributed by atoms with Crippen molar-refractivity contribution in [2.45, 2.75) is 27.7 Å². The van der Waals surface area contributed by atoms with Gasteiger partial charge < -0.3 is 9.64 Å². The Labute approximate surface area is 176 Å². The summed E-state index contributed by atoms with van der Waals surface area (Å²) in [6, 6.07) is 13.7. The van der Waals surface area contributed by atoms with Gasteiger partial charge in [-0.1, -0.05) is 48.9 Å². The third kappa shape index (κ3) is 4.95. The van der Waals surface area contributed by atoms with Crippen LogP contribution >= 0.6 is 11.3 Å². The van der Waals surface area contributed by atoms with Gasteiger partial charge in [-0.3, -0.25) is 9.69 Å². The minimum atomic E-state index is -0.0159. The average Bonchev–Trinajstić information content (AvgIpc) is 3.16. The van der Waals surface area contributed by atoms with Gasteiger partial charge in [0.25, 0.3) is 5.91 Å². The lowest BCUT2D eigenvalue weighted by atomic mass is 10.1. The van der Waals surface area contributed by atoms with Crippen LogP contribution in [0.15, 0.2) is 42.5 Å². The van der Waals surface area contributed by atoms with Crippen molar-refractivity contribution in [3.8, 4) is 5.75 Å². The van der Waals surface area contributed by atoms with E-state index in [-0.39, 0.29) is 5.91 Å². The number of aromatic nitrogens is 1. The number of rotatable bonds is 9. The van der Waals surface area contributed by atoms with E-state index in [9.17, 15) is 4.79 Å². The third-order valence-corrected chi connectivity index (χ3v) is 5.99. The van der Waals surface area contributed by atoms with E-state index >= 15 is 0 Å². The third-order valence-electron chi connectivity index (χ3n) is 4.95. The number of aryl methyl sites for hydroxylation is 1. The molecule has 0 N–H and O–H groups in total. The second kappa shape index (κ2) is 9.85. The quantitative estimate of drug-likeness (QED) is 0.497. The minimum absolute atomic E-state index is 0.0159. The molecule has 0 spiro atoms. The molecule has 1 heterocycles. The fraction of sp³-hybridized carbons (Fsp3) is 0.391. The second-order valence-electron chi connectivity index (χ2n) is 6.89. The lowest BCUT2D eigenvalue weighted by Crippen LogP contribution is -2.38. The van der Waals surface area contributed by atoms with E-state index in [0.717, 1.165) is 41.2 Å². The second-order valence-corrected chi connectivity index (χ2v) is 7.89. The van der Waals surface area contributed by atoms with Crippen molar-refractivity contribution >= 4 is 32.6 Å². The van der Waals surface area contributed by atoms with Crippen LogP contribution in [0.4, 0.5) is 5.13 Å². The van der Waals surface area contributed by atoms with Crippen molar-refractivity contribution in [2.24, 2.45) is 0 Å². The number of hydrogen-bond acceptors (Lipinski definition) is 5. The molecule has 3 rings (SSSR count). The van der Waals surface area contributed by atoms with Crippen LogP contribution in [-0.2, 0) is 0 Å². The number of likely N-dealkylation sites (N-methyl/N-ethyl adjacent to an activating group) is 1. The molecule has 0 fully saturated rings. The molecule has 5 nitrogen and oxygen atoms in total. The lowest BCUT2D eigenvalue weighted by Gasteiger charge is -2.24. The van der Waals surface area contributed by atoms with E-state index < -0.39 is 0 Å². The highest BCUT2D eigenvalue weighted by atomic mass is 32.1. The molecule has 6 heteroatoms. The van der Waals surface area contributed by atoms with E-state index in [1.807, 2.05) is 61.2 Å². The fourth-order valence-electron chi connectivity index (χ4n) is 3.30. The molecule has 0 bridgehead atoms. The molecule has 1 amide bonds. The predicted octanol–water partition coefficient (Wildman–Crippen LogP) is 4.99. The fourth-order valence-corrected chi connectivity index (χ4v) is 4.31. The maximum atomic E-state index is 13.4. The number of para-hydroxylation sites is 1. The summed E-state index contributed by atoms with van der Waals surface area (Å²) in [7, 11) is 0. The molecule has 2 aromatic carbocycles. The van der Waals surface area contributed by atoms with Gasteiger partial charge >= 0.3 is 0 Å². The Hall–Kier alpha value is -2.44. The van der Waals surface area contributed by atoms with Crippen LogP contribution in [0, 0.1) is 6.92 Å². The topological polar surface area (TPSA) is 45.7 Å². The number of carbonyl (C=O) groups excluding carboxylic acids is 1. The Balaban J connectivity index is 1.99.